The van der Waals surface area contributed by atoms with Crippen LogP contribution >= 0.6 is 15.9 Å². The number of hydrogen-bond donors (Lipinski definition) is 0. The third kappa shape index (κ3) is 1.82. The minimum atomic E-state index is -0.338. The number of nitrogens with zero attached hydrogens (tertiary/aromatic N) is 1. The molecular weight excluding hydrogens is 266 g/mol. The van der Waals surface area contributed by atoms with E-state index in [1.54, 1.807) is 7.11 Å². The molecule has 3 heteroatoms. The van der Waals surface area contributed by atoms with Crippen molar-refractivity contribution in [2.24, 2.45) is 0 Å². The minimum absolute atomic E-state index is 0.338. The molecule has 0 unspecified atom stereocenters. The van der Waals surface area contributed by atoms with Crippen LogP contribution in [-0.2, 0) is 5.41 Å². The molecule has 1 fully saturated rings. The highest BCUT2D eigenvalue weighted by molar-refractivity contribution is 9.10. The van der Waals surface area contributed by atoms with Gasteiger partial charge in [-0.05, 0) is 31.0 Å². The zero-order valence-corrected chi connectivity index (χ0v) is 10.9. The Morgan fingerprint density at radius 2 is 2.06 bits per heavy atom. The van der Waals surface area contributed by atoms with E-state index in [0.29, 0.717) is 0 Å². The van der Waals surface area contributed by atoms with E-state index in [2.05, 4.69) is 22.0 Å². The van der Waals surface area contributed by atoms with Gasteiger partial charge in [0.15, 0.2) is 0 Å². The highest BCUT2D eigenvalue weighted by Crippen LogP contribution is 2.44. The summed E-state index contributed by atoms with van der Waals surface area (Å²) in [5.74, 6) is 0.826. The first-order valence-corrected chi connectivity index (χ1v) is 6.26. The molecule has 0 amide bonds. The van der Waals surface area contributed by atoms with E-state index < -0.39 is 0 Å². The molecule has 1 aromatic carbocycles. The van der Waals surface area contributed by atoms with Gasteiger partial charge in [-0.15, -0.1) is 0 Å². The van der Waals surface area contributed by atoms with Gasteiger partial charge in [0.25, 0.3) is 0 Å². The summed E-state index contributed by atoms with van der Waals surface area (Å²) < 4.78 is 6.37. The van der Waals surface area contributed by atoms with Gasteiger partial charge in [-0.3, -0.25) is 0 Å². The summed E-state index contributed by atoms with van der Waals surface area (Å²) >= 11 is 3.46. The second-order valence-electron chi connectivity index (χ2n) is 4.25. The molecule has 0 atom stereocenters. The predicted molar refractivity (Wildman–Crippen MR) is 66.5 cm³/mol. The molecule has 0 N–H and O–H groups in total. The van der Waals surface area contributed by atoms with Crippen molar-refractivity contribution >= 4 is 15.9 Å². The molecule has 16 heavy (non-hydrogen) atoms. The minimum Gasteiger partial charge on any atom is -0.496 e. The Kier molecular flexibility index (Phi) is 3.20. The van der Waals surface area contributed by atoms with Crippen LogP contribution < -0.4 is 4.74 Å². The monoisotopic (exact) mass is 279 g/mol. The smallest absolute Gasteiger partial charge is 0.123 e. The van der Waals surface area contributed by atoms with E-state index >= 15 is 0 Å². The average molecular weight is 280 g/mol. The lowest BCUT2D eigenvalue weighted by Gasteiger charge is -2.23. The van der Waals surface area contributed by atoms with Crippen LogP contribution in [0.25, 0.3) is 0 Å². The SMILES string of the molecule is COc1ccc(Br)cc1C1(C#N)CCCC1. The van der Waals surface area contributed by atoms with Crippen molar-refractivity contribution in [2.45, 2.75) is 31.1 Å². The Bertz CT molecular complexity index is 430. The fraction of sp³-hybridized carbons (Fsp3) is 0.462. The summed E-state index contributed by atoms with van der Waals surface area (Å²) in [4.78, 5) is 0. The lowest BCUT2D eigenvalue weighted by Crippen LogP contribution is -2.20. The molecule has 0 radical (unpaired) electrons. The fourth-order valence-corrected chi connectivity index (χ4v) is 2.84. The lowest BCUT2D eigenvalue weighted by atomic mass is 9.80. The topological polar surface area (TPSA) is 33.0 Å². The Morgan fingerprint density at radius 3 is 2.62 bits per heavy atom. The van der Waals surface area contributed by atoms with Gasteiger partial charge in [0.1, 0.15) is 5.75 Å². The van der Waals surface area contributed by atoms with Crippen LogP contribution in [-0.4, -0.2) is 7.11 Å². The molecule has 0 spiro atoms. The average Bonchev–Trinajstić information content (AvgIpc) is 2.78. The molecule has 0 bridgehead atoms. The zero-order valence-electron chi connectivity index (χ0n) is 9.29. The van der Waals surface area contributed by atoms with Gasteiger partial charge in [-0.25, -0.2) is 0 Å². The quantitative estimate of drug-likeness (QED) is 0.825. The maximum atomic E-state index is 9.46. The number of benzene rings is 1. The first kappa shape index (κ1) is 11.5. The predicted octanol–water partition coefficient (Wildman–Crippen LogP) is 3.79. The van der Waals surface area contributed by atoms with E-state index in [1.165, 1.54) is 0 Å². The van der Waals surface area contributed by atoms with Gasteiger partial charge in [0.2, 0.25) is 0 Å². The molecule has 2 nitrogen and oxygen atoms in total. The molecule has 1 aliphatic carbocycles. The van der Waals surface area contributed by atoms with Crippen LogP contribution in [0, 0.1) is 11.3 Å². The summed E-state index contributed by atoms with van der Waals surface area (Å²) in [6.45, 7) is 0. The zero-order chi connectivity index (χ0) is 11.6. The van der Waals surface area contributed by atoms with Crippen LogP contribution in [0.3, 0.4) is 0 Å². The van der Waals surface area contributed by atoms with Gasteiger partial charge in [0, 0.05) is 10.0 Å². The highest BCUT2D eigenvalue weighted by Gasteiger charge is 2.38. The number of rotatable bonds is 2. The Hall–Kier alpha value is -1.01. The summed E-state index contributed by atoms with van der Waals surface area (Å²) in [5.41, 5.74) is 0.694. The molecule has 0 aliphatic heterocycles. The fourth-order valence-electron chi connectivity index (χ4n) is 2.47. The second-order valence-corrected chi connectivity index (χ2v) is 5.16. The lowest BCUT2D eigenvalue weighted by molar-refractivity contribution is 0.397. The number of ether oxygens (including phenoxy) is 1. The van der Waals surface area contributed by atoms with Crippen LogP contribution in [0.2, 0.25) is 0 Å². The number of methoxy groups -OCH3 is 1. The van der Waals surface area contributed by atoms with Crippen molar-refractivity contribution in [1.82, 2.24) is 0 Å². The largest absolute Gasteiger partial charge is 0.496 e. The van der Waals surface area contributed by atoms with Gasteiger partial charge in [-0.2, -0.15) is 5.26 Å². The molecule has 2 rings (SSSR count). The molecule has 0 aromatic heterocycles. The highest BCUT2D eigenvalue weighted by atomic mass is 79.9. The third-order valence-corrected chi connectivity index (χ3v) is 3.84. The maximum Gasteiger partial charge on any atom is 0.123 e. The van der Waals surface area contributed by atoms with Crippen molar-refractivity contribution in [3.8, 4) is 11.8 Å². The molecule has 84 valence electrons. The Morgan fingerprint density at radius 1 is 1.38 bits per heavy atom. The van der Waals surface area contributed by atoms with E-state index in [4.69, 9.17) is 4.74 Å². The van der Waals surface area contributed by atoms with Crippen molar-refractivity contribution in [3.63, 3.8) is 0 Å². The Labute approximate surface area is 104 Å². The maximum absolute atomic E-state index is 9.46. The van der Waals surface area contributed by atoms with Gasteiger partial charge >= 0.3 is 0 Å². The first-order chi connectivity index (χ1) is 7.72. The van der Waals surface area contributed by atoms with Crippen molar-refractivity contribution < 1.29 is 4.74 Å². The standard InChI is InChI=1S/C13H14BrNO/c1-16-12-5-4-10(14)8-11(12)13(9-15)6-2-3-7-13/h4-5,8H,2-3,6-7H2,1H3. The van der Waals surface area contributed by atoms with Crippen LogP contribution in [0.5, 0.6) is 5.75 Å². The number of hydrogen-bond acceptors (Lipinski definition) is 2. The molecule has 1 aliphatic rings. The summed E-state index contributed by atoms with van der Waals surface area (Å²) in [6, 6.07) is 8.39. The second kappa shape index (κ2) is 4.47. The summed E-state index contributed by atoms with van der Waals surface area (Å²) in [5, 5.41) is 9.46. The van der Waals surface area contributed by atoms with Crippen LogP contribution in [0.1, 0.15) is 31.2 Å². The number of halogens is 1. The third-order valence-electron chi connectivity index (χ3n) is 3.35. The van der Waals surface area contributed by atoms with E-state index in [1.807, 2.05) is 18.2 Å². The molecule has 1 saturated carbocycles. The molecular formula is C13H14BrNO. The Balaban J connectivity index is 2.53. The van der Waals surface area contributed by atoms with Crippen LogP contribution in [0.15, 0.2) is 22.7 Å². The van der Waals surface area contributed by atoms with E-state index in [9.17, 15) is 5.26 Å². The van der Waals surface area contributed by atoms with Gasteiger partial charge in [0.05, 0.1) is 18.6 Å². The van der Waals surface area contributed by atoms with E-state index in [0.717, 1.165) is 41.5 Å². The van der Waals surface area contributed by atoms with Gasteiger partial charge in [-0.1, -0.05) is 28.8 Å². The summed E-state index contributed by atoms with van der Waals surface area (Å²) in [6.07, 6.45) is 4.14. The molecule has 0 heterocycles. The first-order valence-electron chi connectivity index (χ1n) is 5.47. The van der Waals surface area contributed by atoms with Gasteiger partial charge < -0.3 is 4.74 Å². The molecule has 0 saturated heterocycles. The van der Waals surface area contributed by atoms with Crippen molar-refractivity contribution in [1.29, 1.82) is 5.26 Å². The van der Waals surface area contributed by atoms with Crippen LogP contribution in [0.4, 0.5) is 0 Å². The molecule has 1 aromatic rings. The van der Waals surface area contributed by atoms with E-state index in [-0.39, 0.29) is 5.41 Å². The van der Waals surface area contributed by atoms with Crippen molar-refractivity contribution in [3.05, 3.63) is 28.2 Å². The summed E-state index contributed by atoms with van der Waals surface area (Å²) in [7, 11) is 1.66. The normalized spacial score (nSPS) is 18.1. The number of nitriles is 1. The van der Waals surface area contributed by atoms with Crippen molar-refractivity contribution in [2.75, 3.05) is 7.11 Å².